The molecule has 1 atom stereocenters. The molecule has 0 amide bonds. The lowest BCUT2D eigenvalue weighted by molar-refractivity contribution is -0.116. The fraction of sp³-hybridized carbons (Fsp3) is 0.417. The molecule has 6 heteroatoms. The summed E-state index contributed by atoms with van der Waals surface area (Å²) >= 11 is 0. The Labute approximate surface area is 104 Å². The zero-order valence-electron chi connectivity index (χ0n) is 9.81. The fourth-order valence-corrected chi connectivity index (χ4v) is 1.69. The summed E-state index contributed by atoms with van der Waals surface area (Å²) in [6.45, 7) is -0.911. The molecule has 0 aliphatic heterocycles. The van der Waals surface area contributed by atoms with Gasteiger partial charge in [0.2, 0.25) is 0 Å². The van der Waals surface area contributed by atoms with Crippen LogP contribution in [0.25, 0.3) is 10.9 Å². The van der Waals surface area contributed by atoms with Crippen LogP contribution in [0, 0.1) is 0 Å². The lowest BCUT2D eigenvalue weighted by atomic mass is 10.3. The molecular weight excluding hydrogens is 236 g/mol. The molecule has 0 aliphatic carbocycles. The Balaban J connectivity index is 2.21. The van der Waals surface area contributed by atoms with E-state index in [2.05, 4.69) is 5.10 Å². The van der Waals surface area contributed by atoms with Crippen LogP contribution in [0.15, 0.2) is 30.5 Å². The standard InChI is InChI=1S/C12H16N2O4/c15-6-10(7-16)18-12(8-17)14-5-9-3-1-2-4-11(9)13-14/h1-5,10,12,15-17H,6-8H2/t12-/m1/s1. The maximum Gasteiger partial charge on any atom is 0.173 e. The highest BCUT2D eigenvalue weighted by atomic mass is 16.5. The van der Waals surface area contributed by atoms with Crippen LogP contribution in [0.2, 0.25) is 0 Å². The van der Waals surface area contributed by atoms with E-state index in [1.165, 1.54) is 4.68 Å². The molecule has 1 aromatic heterocycles. The van der Waals surface area contributed by atoms with Gasteiger partial charge >= 0.3 is 0 Å². The number of ether oxygens (including phenoxy) is 1. The summed E-state index contributed by atoms with van der Waals surface area (Å²) in [4.78, 5) is 0. The van der Waals surface area contributed by atoms with Crippen molar-refractivity contribution in [2.75, 3.05) is 19.8 Å². The van der Waals surface area contributed by atoms with E-state index in [0.717, 1.165) is 10.9 Å². The van der Waals surface area contributed by atoms with Crippen LogP contribution >= 0.6 is 0 Å². The molecule has 1 aromatic carbocycles. The number of benzene rings is 1. The third kappa shape index (κ3) is 2.68. The molecule has 0 radical (unpaired) electrons. The van der Waals surface area contributed by atoms with E-state index in [1.54, 1.807) is 6.20 Å². The molecule has 98 valence electrons. The van der Waals surface area contributed by atoms with Crippen molar-refractivity contribution in [3.63, 3.8) is 0 Å². The summed E-state index contributed by atoms with van der Waals surface area (Å²) in [6.07, 6.45) is 0.304. The minimum Gasteiger partial charge on any atom is -0.394 e. The predicted octanol–water partition coefficient (Wildman–Crippen LogP) is -0.103. The Bertz CT molecular complexity index is 463. The number of hydrogen-bond donors (Lipinski definition) is 3. The van der Waals surface area contributed by atoms with Crippen LogP contribution in [-0.4, -0.2) is 51.0 Å². The van der Waals surface area contributed by atoms with Gasteiger partial charge in [-0.05, 0) is 6.07 Å². The van der Waals surface area contributed by atoms with Gasteiger partial charge in [-0.1, -0.05) is 18.2 Å². The van der Waals surface area contributed by atoms with E-state index in [9.17, 15) is 5.11 Å². The summed E-state index contributed by atoms with van der Waals surface area (Å²) < 4.78 is 6.85. The van der Waals surface area contributed by atoms with Crippen LogP contribution in [-0.2, 0) is 4.74 Å². The quantitative estimate of drug-likeness (QED) is 0.668. The third-order valence-corrected chi connectivity index (χ3v) is 2.64. The summed E-state index contributed by atoms with van der Waals surface area (Å²) in [5, 5.41) is 32.4. The fourth-order valence-electron chi connectivity index (χ4n) is 1.69. The number of aliphatic hydroxyl groups is 3. The Morgan fingerprint density at radius 3 is 2.44 bits per heavy atom. The van der Waals surface area contributed by atoms with Crippen LogP contribution in [0.5, 0.6) is 0 Å². The van der Waals surface area contributed by atoms with Gasteiger partial charge in [0.25, 0.3) is 0 Å². The molecule has 0 aliphatic rings. The molecule has 2 rings (SSSR count). The second kappa shape index (κ2) is 5.92. The molecule has 0 saturated heterocycles. The van der Waals surface area contributed by atoms with Crippen molar-refractivity contribution in [3.8, 4) is 0 Å². The smallest absolute Gasteiger partial charge is 0.173 e. The molecule has 0 unspecified atom stereocenters. The number of aromatic nitrogens is 2. The Morgan fingerprint density at radius 2 is 1.83 bits per heavy atom. The molecule has 1 heterocycles. The van der Waals surface area contributed by atoms with Gasteiger partial charge in [-0.3, -0.25) is 0 Å². The van der Waals surface area contributed by atoms with Gasteiger partial charge in [-0.25, -0.2) is 4.68 Å². The van der Waals surface area contributed by atoms with Gasteiger partial charge in [-0.2, -0.15) is 5.10 Å². The van der Waals surface area contributed by atoms with Crippen LogP contribution in [0.4, 0.5) is 0 Å². The summed E-state index contributed by atoms with van der Waals surface area (Å²) in [5.41, 5.74) is 0.795. The van der Waals surface area contributed by atoms with Crippen LogP contribution in [0.1, 0.15) is 6.23 Å². The summed E-state index contributed by atoms with van der Waals surface area (Å²) in [7, 11) is 0. The van der Waals surface area contributed by atoms with Crippen molar-refractivity contribution in [2.45, 2.75) is 12.3 Å². The van der Waals surface area contributed by atoms with E-state index in [4.69, 9.17) is 14.9 Å². The van der Waals surface area contributed by atoms with Gasteiger partial charge in [0, 0.05) is 11.6 Å². The molecule has 0 spiro atoms. The molecule has 3 N–H and O–H groups in total. The van der Waals surface area contributed by atoms with E-state index < -0.39 is 12.3 Å². The van der Waals surface area contributed by atoms with E-state index in [0.29, 0.717) is 0 Å². The number of nitrogens with zero attached hydrogens (tertiary/aromatic N) is 2. The van der Waals surface area contributed by atoms with Crippen molar-refractivity contribution in [1.82, 2.24) is 9.78 Å². The maximum atomic E-state index is 9.30. The summed E-state index contributed by atoms with van der Waals surface area (Å²) in [5.74, 6) is 0. The Hall–Kier alpha value is -1.47. The first kappa shape index (κ1) is 13.0. The predicted molar refractivity (Wildman–Crippen MR) is 64.9 cm³/mol. The average molecular weight is 252 g/mol. The van der Waals surface area contributed by atoms with E-state index in [1.807, 2.05) is 24.3 Å². The second-order valence-corrected chi connectivity index (χ2v) is 3.93. The minimum absolute atomic E-state index is 0.287. The average Bonchev–Trinajstić information content (AvgIpc) is 2.84. The van der Waals surface area contributed by atoms with Gasteiger partial charge < -0.3 is 20.1 Å². The molecule has 18 heavy (non-hydrogen) atoms. The third-order valence-electron chi connectivity index (χ3n) is 2.64. The van der Waals surface area contributed by atoms with Crippen molar-refractivity contribution >= 4 is 10.9 Å². The Kier molecular flexibility index (Phi) is 4.27. The molecule has 0 bridgehead atoms. The van der Waals surface area contributed by atoms with Crippen molar-refractivity contribution in [3.05, 3.63) is 30.5 Å². The zero-order valence-corrected chi connectivity index (χ0v) is 9.81. The van der Waals surface area contributed by atoms with E-state index in [-0.39, 0.29) is 19.8 Å². The highest BCUT2D eigenvalue weighted by Crippen LogP contribution is 2.16. The largest absolute Gasteiger partial charge is 0.394 e. The number of hydrogen-bond acceptors (Lipinski definition) is 5. The number of fused-ring (bicyclic) bond motifs is 1. The first-order valence-electron chi connectivity index (χ1n) is 5.70. The number of rotatable bonds is 6. The first-order valence-corrected chi connectivity index (χ1v) is 5.70. The van der Waals surface area contributed by atoms with Gasteiger partial charge in [0.05, 0.1) is 25.3 Å². The summed E-state index contributed by atoms with van der Waals surface area (Å²) in [6, 6.07) is 7.53. The normalized spacial score (nSPS) is 13.3. The minimum atomic E-state index is -0.727. The van der Waals surface area contributed by atoms with E-state index >= 15 is 0 Å². The van der Waals surface area contributed by atoms with Gasteiger partial charge in [0.15, 0.2) is 6.23 Å². The Morgan fingerprint density at radius 1 is 1.11 bits per heavy atom. The highest BCUT2D eigenvalue weighted by Gasteiger charge is 2.17. The second-order valence-electron chi connectivity index (χ2n) is 3.93. The van der Waals surface area contributed by atoms with Crippen molar-refractivity contribution < 1.29 is 20.1 Å². The van der Waals surface area contributed by atoms with Crippen molar-refractivity contribution in [2.24, 2.45) is 0 Å². The van der Waals surface area contributed by atoms with Crippen molar-refractivity contribution in [1.29, 1.82) is 0 Å². The topological polar surface area (TPSA) is 87.7 Å². The van der Waals surface area contributed by atoms with Gasteiger partial charge in [-0.15, -0.1) is 0 Å². The molecule has 0 fully saturated rings. The molecule has 6 nitrogen and oxygen atoms in total. The van der Waals surface area contributed by atoms with Gasteiger partial charge in [0.1, 0.15) is 6.10 Å². The SMILES string of the molecule is OCC(CO)O[C@H](CO)n1cc2ccccc2n1. The monoisotopic (exact) mass is 252 g/mol. The molecular formula is C12H16N2O4. The zero-order chi connectivity index (χ0) is 13.0. The number of aliphatic hydroxyl groups excluding tert-OH is 3. The first-order chi connectivity index (χ1) is 8.78. The molecule has 2 aromatic rings. The maximum absolute atomic E-state index is 9.30. The lowest BCUT2D eigenvalue weighted by Gasteiger charge is -2.20. The van der Waals surface area contributed by atoms with Crippen LogP contribution in [0.3, 0.4) is 0 Å². The lowest BCUT2D eigenvalue weighted by Crippen LogP contribution is -2.29. The van der Waals surface area contributed by atoms with Crippen LogP contribution < -0.4 is 0 Å². The molecule has 0 saturated carbocycles. The highest BCUT2D eigenvalue weighted by molar-refractivity contribution is 5.77.